The summed E-state index contributed by atoms with van der Waals surface area (Å²) in [5.41, 5.74) is 1.76. The lowest BCUT2D eigenvalue weighted by atomic mass is 10.2. The molecular weight excluding hydrogens is 214 g/mol. The van der Waals surface area contributed by atoms with Crippen molar-refractivity contribution in [3.05, 3.63) is 59.9 Å². The van der Waals surface area contributed by atoms with Crippen LogP contribution in [0.3, 0.4) is 0 Å². The molecule has 0 aliphatic rings. The summed E-state index contributed by atoms with van der Waals surface area (Å²) in [6.07, 6.45) is 0.960. The second-order valence-electron chi connectivity index (χ2n) is 3.90. The lowest BCUT2D eigenvalue weighted by Crippen LogP contribution is -2.10. The Morgan fingerprint density at radius 1 is 1.24 bits per heavy atom. The number of benzene rings is 1. The molecule has 0 saturated heterocycles. The van der Waals surface area contributed by atoms with Gasteiger partial charge in [0.1, 0.15) is 18.5 Å². The van der Waals surface area contributed by atoms with Crippen LogP contribution in [0.2, 0.25) is 0 Å². The average molecular weight is 229 g/mol. The van der Waals surface area contributed by atoms with Gasteiger partial charge >= 0.3 is 0 Å². The molecule has 0 spiro atoms. The summed E-state index contributed by atoms with van der Waals surface area (Å²) in [5, 5.41) is 9.86. The highest BCUT2D eigenvalue weighted by Gasteiger charge is 2.08. The molecule has 1 N–H and O–H groups in total. The zero-order chi connectivity index (χ0) is 12.1. The van der Waals surface area contributed by atoms with Gasteiger partial charge in [-0.1, -0.05) is 18.2 Å². The fourth-order valence-corrected chi connectivity index (χ4v) is 1.54. The second-order valence-corrected chi connectivity index (χ2v) is 3.90. The van der Waals surface area contributed by atoms with Gasteiger partial charge in [-0.15, -0.1) is 0 Å². The van der Waals surface area contributed by atoms with Crippen molar-refractivity contribution >= 4 is 0 Å². The molecule has 0 amide bonds. The number of aryl methyl sites for hydroxylation is 1. The van der Waals surface area contributed by atoms with Gasteiger partial charge in [-0.05, 0) is 36.8 Å². The van der Waals surface area contributed by atoms with E-state index in [1.165, 1.54) is 0 Å². The first kappa shape index (κ1) is 11.6. The maximum atomic E-state index is 9.86. The van der Waals surface area contributed by atoms with E-state index in [1.807, 2.05) is 43.3 Å². The van der Waals surface area contributed by atoms with Gasteiger partial charge in [-0.2, -0.15) is 0 Å². The van der Waals surface area contributed by atoms with E-state index in [0.717, 1.165) is 11.3 Å². The predicted octanol–water partition coefficient (Wildman–Crippen LogP) is 2.50. The first-order chi connectivity index (χ1) is 8.25. The molecule has 0 bridgehead atoms. The third-order valence-corrected chi connectivity index (χ3v) is 2.43. The van der Waals surface area contributed by atoms with Crippen LogP contribution in [0, 0.1) is 6.92 Å². The van der Waals surface area contributed by atoms with Crippen LogP contribution in [0.5, 0.6) is 5.75 Å². The fraction of sp³-hybridized carbons (Fsp3) is 0.214. The third-order valence-electron chi connectivity index (χ3n) is 2.43. The van der Waals surface area contributed by atoms with Crippen molar-refractivity contribution in [3.63, 3.8) is 0 Å². The van der Waals surface area contributed by atoms with E-state index in [-0.39, 0.29) is 6.61 Å². The highest BCUT2D eigenvalue weighted by Crippen LogP contribution is 2.15. The van der Waals surface area contributed by atoms with E-state index in [0.29, 0.717) is 5.69 Å². The van der Waals surface area contributed by atoms with E-state index < -0.39 is 6.10 Å². The summed E-state index contributed by atoms with van der Waals surface area (Å²) < 4.78 is 5.51. The first-order valence-electron chi connectivity index (χ1n) is 5.54. The highest BCUT2D eigenvalue weighted by molar-refractivity contribution is 5.27. The Morgan fingerprint density at radius 3 is 2.82 bits per heavy atom. The van der Waals surface area contributed by atoms with Gasteiger partial charge in [0.15, 0.2) is 0 Å². The van der Waals surface area contributed by atoms with Gasteiger partial charge in [0.05, 0.1) is 5.69 Å². The molecule has 17 heavy (non-hydrogen) atoms. The van der Waals surface area contributed by atoms with Gasteiger partial charge in [0, 0.05) is 6.20 Å². The van der Waals surface area contributed by atoms with Crippen LogP contribution in [-0.2, 0) is 0 Å². The normalized spacial score (nSPS) is 12.1. The molecule has 1 aromatic heterocycles. The number of hydrogen-bond donors (Lipinski definition) is 1. The third kappa shape index (κ3) is 3.29. The summed E-state index contributed by atoms with van der Waals surface area (Å²) in [5.74, 6) is 0.764. The number of aromatic nitrogens is 1. The molecule has 0 aliphatic carbocycles. The Hall–Kier alpha value is -1.87. The van der Waals surface area contributed by atoms with Gasteiger partial charge in [-0.3, -0.25) is 4.98 Å². The number of pyridine rings is 1. The smallest absolute Gasteiger partial charge is 0.130 e. The van der Waals surface area contributed by atoms with E-state index in [2.05, 4.69) is 4.98 Å². The maximum absolute atomic E-state index is 9.86. The molecule has 3 nitrogen and oxygen atoms in total. The second kappa shape index (κ2) is 5.46. The van der Waals surface area contributed by atoms with Crippen LogP contribution in [0.4, 0.5) is 0 Å². The molecule has 0 saturated carbocycles. The molecule has 1 atom stereocenters. The fourth-order valence-electron chi connectivity index (χ4n) is 1.54. The summed E-state index contributed by atoms with van der Waals surface area (Å²) >= 11 is 0. The zero-order valence-electron chi connectivity index (χ0n) is 9.71. The minimum atomic E-state index is -0.697. The number of rotatable bonds is 4. The van der Waals surface area contributed by atoms with E-state index in [9.17, 15) is 5.11 Å². The summed E-state index contributed by atoms with van der Waals surface area (Å²) in [6.45, 7) is 2.21. The molecule has 88 valence electrons. The topological polar surface area (TPSA) is 42.4 Å². The lowest BCUT2D eigenvalue weighted by Gasteiger charge is -2.12. The predicted molar refractivity (Wildman–Crippen MR) is 65.9 cm³/mol. The minimum Gasteiger partial charge on any atom is -0.490 e. The Labute approximate surface area is 101 Å². The Kier molecular flexibility index (Phi) is 3.73. The van der Waals surface area contributed by atoms with Crippen LogP contribution < -0.4 is 4.74 Å². The summed E-state index contributed by atoms with van der Waals surface area (Å²) in [4.78, 5) is 4.08. The molecule has 0 unspecified atom stereocenters. The van der Waals surface area contributed by atoms with E-state index in [4.69, 9.17) is 4.74 Å². The van der Waals surface area contributed by atoms with Gasteiger partial charge in [0.25, 0.3) is 0 Å². The highest BCUT2D eigenvalue weighted by atomic mass is 16.5. The monoisotopic (exact) mass is 229 g/mol. The van der Waals surface area contributed by atoms with Crippen molar-refractivity contribution in [3.8, 4) is 5.75 Å². The van der Waals surface area contributed by atoms with Crippen molar-refractivity contribution < 1.29 is 9.84 Å². The van der Waals surface area contributed by atoms with Crippen molar-refractivity contribution in [1.82, 2.24) is 4.98 Å². The molecular formula is C14H15NO2. The molecule has 0 radical (unpaired) electrons. The molecule has 2 aromatic rings. The number of aliphatic hydroxyl groups excluding tert-OH is 1. The van der Waals surface area contributed by atoms with E-state index in [1.54, 1.807) is 12.3 Å². The quantitative estimate of drug-likeness (QED) is 0.875. The molecule has 0 aliphatic heterocycles. The average Bonchev–Trinajstić information content (AvgIpc) is 2.37. The Balaban J connectivity index is 1.95. The minimum absolute atomic E-state index is 0.209. The lowest BCUT2D eigenvalue weighted by molar-refractivity contribution is 0.104. The van der Waals surface area contributed by atoms with Crippen molar-refractivity contribution in [2.45, 2.75) is 13.0 Å². The maximum Gasteiger partial charge on any atom is 0.130 e. The van der Waals surface area contributed by atoms with Crippen molar-refractivity contribution in [2.24, 2.45) is 0 Å². The Bertz CT molecular complexity index is 471. The number of ether oxygens (including phenoxy) is 1. The van der Waals surface area contributed by atoms with Crippen molar-refractivity contribution in [1.29, 1.82) is 0 Å². The van der Waals surface area contributed by atoms with Crippen LogP contribution in [0.15, 0.2) is 48.7 Å². The summed E-state index contributed by atoms with van der Waals surface area (Å²) in [7, 11) is 0. The van der Waals surface area contributed by atoms with E-state index >= 15 is 0 Å². The number of hydrogen-bond acceptors (Lipinski definition) is 3. The Morgan fingerprint density at radius 2 is 2.12 bits per heavy atom. The van der Waals surface area contributed by atoms with Gasteiger partial charge in [-0.25, -0.2) is 0 Å². The largest absolute Gasteiger partial charge is 0.490 e. The van der Waals surface area contributed by atoms with Crippen LogP contribution >= 0.6 is 0 Å². The first-order valence-corrected chi connectivity index (χ1v) is 5.54. The van der Waals surface area contributed by atoms with Crippen LogP contribution in [0.25, 0.3) is 0 Å². The van der Waals surface area contributed by atoms with Crippen molar-refractivity contribution in [2.75, 3.05) is 6.61 Å². The number of aliphatic hydroxyl groups is 1. The molecule has 1 aromatic carbocycles. The summed E-state index contributed by atoms with van der Waals surface area (Å²) in [6, 6.07) is 13.2. The molecule has 0 fully saturated rings. The molecule has 2 rings (SSSR count). The van der Waals surface area contributed by atoms with Crippen LogP contribution in [0.1, 0.15) is 17.4 Å². The van der Waals surface area contributed by atoms with Gasteiger partial charge in [0.2, 0.25) is 0 Å². The molecule has 3 heteroatoms. The van der Waals surface area contributed by atoms with Gasteiger partial charge < -0.3 is 9.84 Å². The SMILES string of the molecule is Cc1cccc(OC[C@H](O)c2ccccn2)c1. The number of nitrogens with zero attached hydrogens (tertiary/aromatic N) is 1. The van der Waals surface area contributed by atoms with Crippen LogP contribution in [-0.4, -0.2) is 16.7 Å². The standard InChI is InChI=1S/C14H15NO2/c1-11-5-4-6-12(9-11)17-10-14(16)13-7-2-3-8-15-13/h2-9,14,16H,10H2,1H3/t14-/m0/s1. The zero-order valence-corrected chi connectivity index (χ0v) is 9.71. The molecule has 1 heterocycles.